The number of hydrogen-bond donors (Lipinski definition) is 0. The van der Waals surface area contributed by atoms with Gasteiger partial charge in [-0.1, -0.05) is 67.0 Å². The smallest absolute Gasteiger partial charge is 0.276 e. The molecule has 0 aliphatic rings. The second-order valence-corrected chi connectivity index (χ2v) is 7.96. The van der Waals surface area contributed by atoms with E-state index in [1.807, 2.05) is 30.3 Å². The zero-order chi connectivity index (χ0) is 21.1. The predicted molar refractivity (Wildman–Crippen MR) is 116 cm³/mol. The molecular weight excluding hydrogens is 374 g/mol. The van der Waals surface area contributed by atoms with Crippen molar-refractivity contribution in [3.63, 3.8) is 0 Å². The Morgan fingerprint density at radius 3 is 2.13 bits per heavy atom. The monoisotopic (exact) mass is 399 g/mol. The maximum Gasteiger partial charge on any atom is 0.276 e. The molecule has 0 aliphatic heterocycles. The number of pyridine rings is 1. The Morgan fingerprint density at radius 2 is 1.50 bits per heavy atom. The van der Waals surface area contributed by atoms with Gasteiger partial charge < -0.3 is 9.26 Å². The Morgan fingerprint density at radius 1 is 0.833 bits per heavy atom. The fourth-order valence-electron chi connectivity index (χ4n) is 3.34. The zero-order valence-electron chi connectivity index (χ0n) is 17.7. The topological polar surface area (TPSA) is 61.0 Å². The van der Waals surface area contributed by atoms with Crippen molar-refractivity contribution in [2.24, 2.45) is 0 Å². The third kappa shape index (κ3) is 4.25. The Labute approximate surface area is 176 Å². The summed E-state index contributed by atoms with van der Waals surface area (Å²) in [4.78, 5) is 8.78. The minimum atomic E-state index is -0.0790. The van der Waals surface area contributed by atoms with Gasteiger partial charge in [-0.05, 0) is 49.2 Å². The lowest BCUT2D eigenvalue weighted by Gasteiger charge is -2.26. The zero-order valence-corrected chi connectivity index (χ0v) is 17.7. The van der Waals surface area contributed by atoms with Gasteiger partial charge in [0.25, 0.3) is 5.89 Å². The number of ether oxygens (including phenoxy) is 1. The quantitative estimate of drug-likeness (QED) is 0.419. The van der Waals surface area contributed by atoms with Crippen molar-refractivity contribution in [3.8, 4) is 17.3 Å². The molecule has 5 heteroatoms. The van der Waals surface area contributed by atoms with Gasteiger partial charge >= 0.3 is 0 Å². The van der Waals surface area contributed by atoms with Crippen LogP contribution in [0.5, 0.6) is 5.75 Å². The van der Waals surface area contributed by atoms with E-state index in [1.165, 1.54) is 16.7 Å². The van der Waals surface area contributed by atoms with Gasteiger partial charge in [0, 0.05) is 5.41 Å². The van der Waals surface area contributed by atoms with Crippen LogP contribution in [0.25, 0.3) is 11.6 Å². The molecule has 2 heterocycles. The van der Waals surface area contributed by atoms with Crippen molar-refractivity contribution >= 4 is 0 Å². The molecule has 0 unspecified atom stereocenters. The second-order valence-electron chi connectivity index (χ2n) is 7.96. The molecule has 4 aromatic rings. The van der Waals surface area contributed by atoms with E-state index >= 15 is 0 Å². The average Bonchev–Trinajstić information content (AvgIpc) is 3.19. The molecule has 4 rings (SSSR count). The molecule has 30 heavy (non-hydrogen) atoms. The molecule has 152 valence electrons. The van der Waals surface area contributed by atoms with E-state index in [-0.39, 0.29) is 5.41 Å². The van der Waals surface area contributed by atoms with Gasteiger partial charge in [0.1, 0.15) is 18.1 Å². The average molecular weight is 399 g/mol. The number of rotatable bonds is 6. The summed E-state index contributed by atoms with van der Waals surface area (Å²) in [6.07, 6.45) is 0. The molecular formula is C25H25N3O2. The minimum absolute atomic E-state index is 0.0790. The third-order valence-corrected chi connectivity index (χ3v) is 5.29. The standard InChI is InChI=1S/C25H25N3O2/c1-17-8-10-19(11-9-17)25(3,4)20-12-14-22(15-13-20)29-16-21-6-5-7-23(27-21)24-26-18(2)28-30-24/h5-15H,16H2,1-4H3. The number of aromatic nitrogens is 3. The van der Waals surface area contributed by atoms with E-state index in [1.54, 1.807) is 6.92 Å². The maximum absolute atomic E-state index is 5.95. The van der Waals surface area contributed by atoms with Crippen LogP contribution in [0.3, 0.4) is 0 Å². The summed E-state index contributed by atoms with van der Waals surface area (Å²) < 4.78 is 11.1. The lowest BCUT2D eigenvalue weighted by Crippen LogP contribution is -2.18. The molecule has 5 nitrogen and oxygen atoms in total. The van der Waals surface area contributed by atoms with Gasteiger partial charge in [-0.3, -0.25) is 0 Å². The first-order valence-electron chi connectivity index (χ1n) is 9.99. The van der Waals surface area contributed by atoms with Gasteiger partial charge in [-0.15, -0.1) is 0 Å². The molecule has 0 amide bonds. The van der Waals surface area contributed by atoms with Crippen LogP contribution in [0, 0.1) is 13.8 Å². The molecule has 0 radical (unpaired) electrons. The lowest BCUT2D eigenvalue weighted by atomic mass is 9.78. The van der Waals surface area contributed by atoms with Gasteiger partial charge in [0.2, 0.25) is 0 Å². The van der Waals surface area contributed by atoms with Crippen LogP contribution < -0.4 is 4.74 Å². The van der Waals surface area contributed by atoms with Crippen molar-refractivity contribution in [1.29, 1.82) is 0 Å². The molecule has 0 saturated heterocycles. The summed E-state index contributed by atoms with van der Waals surface area (Å²) >= 11 is 0. The van der Waals surface area contributed by atoms with Gasteiger partial charge in [-0.2, -0.15) is 4.98 Å². The van der Waals surface area contributed by atoms with E-state index in [0.29, 0.717) is 24.0 Å². The highest BCUT2D eigenvalue weighted by molar-refractivity contribution is 5.46. The lowest BCUT2D eigenvalue weighted by molar-refractivity contribution is 0.301. The largest absolute Gasteiger partial charge is 0.487 e. The Balaban J connectivity index is 1.45. The highest BCUT2D eigenvalue weighted by Crippen LogP contribution is 2.32. The van der Waals surface area contributed by atoms with E-state index in [4.69, 9.17) is 9.26 Å². The second kappa shape index (κ2) is 8.11. The van der Waals surface area contributed by atoms with Crippen molar-refractivity contribution in [3.05, 3.63) is 94.9 Å². The molecule has 2 aromatic carbocycles. The Bertz CT molecular complexity index is 1130. The summed E-state index contributed by atoms with van der Waals surface area (Å²) in [6.45, 7) is 8.73. The van der Waals surface area contributed by atoms with Crippen LogP contribution in [0.15, 0.2) is 71.3 Å². The molecule has 0 fully saturated rings. The van der Waals surface area contributed by atoms with Gasteiger partial charge in [0.15, 0.2) is 5.82 Å². The van der Waals surface area contributed by atoms with E-state index in [2.05, 4.69) is 72.3 Å². The first kappa shape index (κ1) is 19.8. The summed E-state index contributed by atoms with van der Waals surface area (Å²) in [6, 6.07) is 22.7. The summed E-state index contributed by atoms with van der Waals surface area (Å²) in [5.74, 6) is 1.80. The van der Waals surface area contributed by atoms with E-state index in [0.717, 1.165) is 11.4 Å². The minimum Gasteiger partial charge on any atom is -0.487 e. The van der Waals surface area contributed by atoms with Crippen molar-refractivity contribution < 1.29 is 9.26 Å². The van der Waals surface area contributed by atoms with Gasteiger partial charge in [0.05, 0.1) is 5.69 Å². The first-order valence-corrected chi connectivity index (χ1v) is 9.99. The molecule has 0 atom stereocenters. The first-order chi connectivity index (χ1) is 14.4. The van der Waals surface area contributed by atoms with Crippen LogP contribution in [0.1, 0.15) is 42.1 Å². The number of benzene rings is 2. The van der Waals surface area contributed by atoms with Crippen LogP contribution in [-0.4, -0.2) is 15.1 Å². The van der Waals surface area contributed by atoms with Crippen LogP contribution >= 0.6 is 0 Å². The predicted octanol–water partition coefficient (Wildman–Crippen LogP) is 5.65. The highest BCUT2D eigenvalue weighted by Gasteiger charge is 2.22. The van der Waals surface area contributed by atoms with Gasteiger partial charge in [-0.25, -0.2) is 4.98 Å². The Hall–Kier alpha value is -3.47. The summed E-state index contributed by atoms with van der Waals surface area (Å²) in [5, 5.41) is 3.81. The van der Waals surface area contributed by atoms with Crippen LogP contribution in [0.4, 0.5) is 0 Å². The number of aryl methyl sites for hydroxylation is 2. The molecule has 0 spiro atoms. The van der Waals surface area contributed by atoms with Crippen LogP contribution in [-0.2, 0) is 12.0 Å². The molecule has 2 aromatic heterocycles. The van der Waals surface area contributed by atoms with E-state index < -0.39 is 0 Å². The number of nitrogens with zero attached hydrogens (tertiary/aromatic N) is 3. The van der Waals surface area contributed by atoms with Crippen LogP contribution in [0.2, 0.25) is 0 Å². The fourth-order valence-corrected chi connectivity index (χ4v) is 3.34. The van der Waals surface area contributed by atoms with E-state index in [9.17, 15) is 0 Å². The summed E-state index contributed by atoms with van der Waals surface area (Å²) in [7, 11) is 0. The highest BCUT2D eigenvalue weighted by atomic mass is 16.5. The Kier molecular flexibility index (Phi) is 5.36. The normalized spacial score (nSPS) is 11.5. The van der Waals surface area contributed by atoms with Crippen molar-refractivity contribution in [1.82, 2.24) is 15.1 Å². The van der Waals surface area contributed by atoms with Crippen molar-refractivity contribution in [2.75, 3.05) is 0 Å². The molecule has 0 saturated carbocycles. The maximum atomic E-state index is 5.95. The number of hydrogen-bond acceptors (Lipinski definition) is 5. The third-order valence-electron chi connectivity index (χ3n) is 5.29. The molecule has 0 aliphatic carbocycles. The molecule has 0 bridgehead atoms. The molecule has 0 N–H and O–H groups in total. The van der Waals surface area contributed by atoms with Crippen molar-refractivity contribution in [2.45, 2.75) is 39.7 Å². The SMILES string of the molecule is Cc1ccc(C(C)(C)c2ccc(OCc3cccc(-c4nc(C)no4)n3)cc2)cc1. The fraction of sp³-hybridized carbons (Fsp3) is 0.240. The summed E-state index contributed by atoms with van der Waals surface area (Å²) in [5.41, 5.74) is 5.17.